The van der Waals surface area contributed by atoms with Gasteiger partial charge in [-0.2, -0.15) is 0 Å². The number of aliphatic hydroxyl groups excluding tert-OH is 3. The van der Waals surface area contributed by atoms with E-state index in [0.717, 1.165) is 5.56 Å². The Bertz CT molecular complexity index is 788. The highest BCUT2D eigenvalue weighted by Crippen LogP contribution is 2.28. The number of hydrogen-bond acceptors (Lipinski definition) is 7. The van der Waals surface area contributed by atoms with Crippen molar-refractivity contribution in [3.63, 3.8) is 0 Å². The van der Waals surface area contributed by atoms with E-state index in [-0.39, 0.29) is 11.3 Å². The molecule has 3 N–H and O–H groups in total. The molecule has 3 rings (SSSR count). The van der Waals surface area contributed by atoms with Gasteiger partial charge in [-0.25, -0.2) is 9.18 Å². The molecule has 2 aromatic rings. The van der Waals surface area contributed by atoms with Gasteiger partial charge in [0, 0.05) is 17.5 Å². The Morgan fingerprint density at radius 1 is 1.25 bits per heavy atom. The van der Waals surface area contributed by atoms with E-state index < -0.39 is 43.0 Å². The average molecular weight is 340 g/mol. The molecule has 7 nitrogen and oxygen atoms in total. The van der Waals surface area contributed by atoms with Crippen LogP contribution in [0, 0.1) is 6.92 Å². The Morgan fingerprint density at radius 2 is 2.00 bits per heavy atom. The number of hydrogen-bond donors (Lipinski definition) is 3. The second-order valence-electron chi connectivity index (χ2n) is 5.68. The summed E-state index contributed by atoms with van der Waals surface area (Å²) in [5.41, 5.74) is 0.473. The van der Waals surface area contributed by atoms with Crippen LogP contribution in [0.3, 0.4) is 0 Å². The summed E-state index contributed by atoms with van der Waals surface area (Å²) in [6.07, 6.45) is -8.00. The van der Waals surface area contributed by atoms with Crippen molar-refractivity contribution < 1.29 is 33.6 Å². The summed E-state index contributed by atoms with van der Waals surface area (Å²) in [5.74, 6) is 0.157. The molecule has 1 aliphatic rings. The van der Waals surface area contributed by atoms with E-state index in [4.69, 9.17) is 19.0 Å². The first-order chi connectivity index (χ1) is 11.4. The summed E-state index contributed by atoms with van der Waals surface area (Å²) < 4.78 is 29.7. The molecule has 0 aliphatic carbocycles. The number of fused-ring (bicyclic) bond motifs is 1. The smallest absolute Gasteiger partial charge is 0.336 e. The number of aryl methyl sites for hydroxylation is 1. The SMILES string of the molecule is Cc1cc(=O)oc2cc(O[C@H]3OC(CO)[C@@H](O)C(O)C3F)ccc12. The van der Waals surface area contributed by atoms with E-state index >= 15 is 0 Å². The molecule has 130 valence electrons. The number of ether oxygens (including phenoxy) is 2. The Balaban J connectivity index is 1.87. The lowest BCUT2D eigenvalue weighted by atomic mass is 10.0. The molecule has 0 saturated carbocycles. The van der Waals surface area contributed by atoms with Gasteiger partial charge in [0.05, 0.1) is 6.61 Å². The predicted octanol–water partition coefficient (Wildman–Crippen LogP) is 0.257. The van der Waals surface area contributed by atoms with Gasteiger partial charge in [0.25, 0.3) is 0 Å². The summed E-state index contributed by atoms with van der Waals surface area (Å²) >= 11 is 0. The first-order valence-corrected chi connectivity index (χ1v) is 7.38. The summed E-state index contributed by atoms with van der Waals surface area (Å²) in [7, 11) is 0. The molecule has 1 saturated heterocycles. The molecule has 1 fully saturated rings. The lowest BCUT2D eigenvalue weighted by molar-refractivity contribution is -0.261. The molecule has 1 aromatic heterocycles. The second kappa shape index (κ2) is 6.48. The van der Waals surface area contributed by atoms with Gasteiger partial charge < -0.3 is 29.2 Å². The van der Waals surface area contributed by atoms with Gasteiger partial charge in [-0.3, -0.25) is 0 Å². The second-order valence-corrected chi connectivity index (χ2v) is 5.68. The van der Waals surface area contributed by atoms with Gasteiger partial charge in [-0.15, -0.1) is 0 Å². The molecule has 0 bridgehead atoms. The number of alkyl halides is 1. The number of rotatable bonds is 3. The van der Waals surface area contributed by atoms with Crippen LogP contribution in [0.15, 0.2) is 33.5 Å². The normalized spacial score (nSPS) is 30.5. The van der Waals surface area contributed by atoms with Gasteiger partial charge >= 0.3 is 5.63 Å². The van der Waals surface area contributed by atoms with Crippen LogP contribution in [-0.4, -0.2) is 52.7 Å². The van der Waals surface area contributed by atoms with E-state index in [1.165, 1.54) is 18.2 Å². The zero-order valence-electron chi connectivity index (χ0n) is 12.8. The monoisotopic (exact) mass is 340 g/mol. The number of aliphatic hydroxyl groups is 3. The molecule has 0 spiro atoms. The van der Waals surface area contributed by atoms with Crippen molar-refractivity contribution in [3.05, 3.63) is 40.2 Å². The van der Waals surface area contributed by atoms with Crippen molar-refractivity contribution in [1.29, 1.82) is 0 Å². The lowest BCUT2D eigenvalue weighted by Crippen LogP contribution is -2.58. The standard InChI is InChI=1S/C16H17FO7/c1-7-4-12(19)23-10-5-8(2-3-9(7)10)22-16-13(17)15(21)14(20)11(6-18)24-16/h2-5,11,13-16,18,20-21H,6H2,1H3/t11?,13?,14-,15?,16+/m1/s1. The first kappa shape index (κ1) is 16.8. The Hall–Kier alpha value is -2.00. The summed E-state index contributed by atoms with van der Waals surface area (Å²) in [5, 5.41) is 29.1. The van der Waals surface area contributed by atoms with Crippen molar-refractivity contribution in [1.82, 2.24) is 0 Å². The minimum Gasteiger partial charge on any atom is -0.461 e. The largest absolute Gasteiger partial charge is 0.461 e. The Morgan fingerprint density at radius 3 is 2.71 bits per heavy atom. The van der Waals surface area contributed by atoms with Crippen molar-refractivity contribution in [3.8, 4) is 5.75 Å². The fourth-order valence-corrected chi connectivity index (χ4v) is 2.65. The molecule has 1 aliphatic heterocycles. The van der Waals surface area contributed by atoms with E-state index in [2.05, 4.69) is 0 Å². The highest BCUT2D eigenvalue weighted by Gasteiger charge is 2.46. The first-order valence-electron chi connectivity index (χ1n) is 7.38. The van der Waals surface area contributed by atoms with Gasteiger partial charge in [0.15, 0.2) is 6.17 Å². The number of halogens is 1. The third-order valence-electron chi connectivity index (χ3n) is 3.98. The fourth-order valence-electron chi connectivity index (χ4n) is 2.65. The van der Waals surface area contributed by atoms with E-state index in [1.54, 1.807) is 13.0 Å². The molecule has 3 unspecified atom stereocenters. The maximum absolute atomic E-state index is 14.1. The van der Waals surface area contributed by atoms with Crippen LogP contribution in [0.2, 0.25) is 0 Å². The van der Waals surface area contributed by atoms with Gasteiger partial charge in [-0.05, 0) is 24.6 Å². The van der Waals surface area contributed by atoms with Crippen molar-refractivity contribution >= 4 is 11.0 Å². The minimum atomic E-state index is -2.01. The van der Waals surface area contributed by atoms with Gasteiger partial charge in [-0.1, -0.05) is 0 Å². The van der Waals surface area contributed by atoms with Crippen LogP contribution in [0.5, 0.6) is 5.75 Å². The van der Waals surface area contributed by atoms with Crippen LogP contribution >= 0.6 is 0 Å². The topological polar surface area (TPSA) is 109 Å². The summed E-state index contributed by atoms with van der Waals surface area (Å²) in [4.78, 5) is 11.4. The highest BCUT2D eigenvalue weighted by molar-refractivity contribution is 5.81. The third-order valence-corrected chi connectivity index (χ3v) is 3.98. The van der Waals surface area contributed by atoms with Gasteiger partial charge in [0.1, 0.15) is 29.6 Å². The minimum absolute atomic E-state index is 0.157. The molecule has 0 radical (unpaired) electrons. The van der Waals surface area contributed by atoms with Crippen LogP contribution in [0.1, 0.15) is 5.56 Å². The molecule has 2 heterocycles. The highest BCUT2D eigenvalue weighted by atomic mass is 19.1. The van der Waals surface area contributed by atoms with E-state index in [1.807, 2.05) is 0 Å². The third kappa shape index (κ3) is 3.01. The lowest BCUT2D eigenvalue weighted by Gasteiger charge is -2.38. The van der Waals surface area contributed by atoms with E-state index in [0.29, 0.717) is 5.39 Å². The van der Waals surface area contributed by atoms with Crippen LogP contribution < -0.4 is 10.4 Å². The van der Waals surface area contributed by atoms with E-state index in [9.17, 15) is 19.4 Å². The maximum Gasteiger partial charge on any atom is 0.336 e. The van der Waals surface area contributed by atoms with Crippen molar-refractivity contribution in [2.75, 3.05) is 6.61 Å². The van der Waals surface area contributed by atoms with Crippen molar-refractivity contribution in [2.45, 2.75) is 37.7 Å². The van der Waals surface area contributed by atoms with Crippen LogP contribution in [-0.2, 0) is 4.74 Å². The molecule has 0 amide bonds. The molecule has 1 aromatic carbocycles. The molecule has 24 heavy (non-hydrogen) atoms. The zero-order chi connectivity index (χ0) is 17.4. The van der Waals surface area contributed by atoms with Crippen LogP contribution in [0.4, 0.5) is 4.39 Å². The quantitative estimate of drug-likeness (QED) is 0.688. The number of benzene rings is 1. The molecular weight excluding hydrogens is 323 g/mol. The van der Waals surface area contributed by atoms with Gasteiger partial charge in [0.2, 0.25) is 6.29 Å². The summed E-state index contributed by atoms with van der Waals surface area (Å²) in [6, 6.07) is 5.95. The average Bonchev–Trinajstić information content (AvgIpc) is 2.55. The van der Waals surface area contributed by atoms with Crippen LogP contribution in [0.25, 0.3) is 11.0 Å². The Kier molecular flexibility index (Phi) is 4.55. The Labute approximate surface area is 135 Å². The fraction of sp³-hybridized carbons (Fsp3) is 0.438. The molecular formula is C16H17FO7. The molecule has 8 heteroatoms. The zero-order valence-corrected chi connectivity index (χ0v) is 12.8. The predicted molar refractivity (Wildman–Crippen MR) is 80.5 cm³/mol. The van der Waals surface area contributed by atoms with Crippen molar-refractivity contribution in [2.24, 2.45) is 0 Å². The molecule has 5 atom stereocenters. The summed E-state index contributed by atoms with van der Waals surface area (Å²) in [6.45, 7) is 1.15. The maximum atomic E-state index is 14.1.